The number of hydrogen-bond donors (Lipinski definition) is 0. The Kier molecular flexibility index (Phi) is 6.61. The predicted octanol–water partition coefficient (Wildman–Crippen LogP) is 12.1. The largest absolute Gasteiger partial charge is 0.456 e. The van der Waals surface area contributed by atoms with Crippen molar-refractivity contribution in [3.63, 3.8) is 0 Å². The standard InChI is InChI=1S/C45H39N2O2/c1-26(2)34-25-35-31-16-10-13-19-38(31)48-44(35)40(27(3)4)42(34)47-37-18-12-11-17-36(37)46(6)45(47)41-28(5)20-22-33-32-23-21-30(24-39(32)49-43(33)41)29-14-8-7-9-15-29/h7-27H,1-6H3/q+1. The molecular weight excluding hydrogens is 601 g/mol. The molecule has 0 atom stereocenters. The Hall–Kier alpha value is -5.61. The molecule has 3 heterocycles. The number of rotatable bonds is 5. The minimum atomic E-state index is 0.204. The van der Waals surface area contributed by atoms with E-state index in [-0.39, 0.29) is 11.8 Å². The second-order valence-electron chi connectivity index (χ2n) is 14.0. The highest BCUT2D eigenvalue weighted by atomic mass is 16.3. The first-order valence-corrected chi connectivity index (χ1v) is 17.3. The van der Waals surface area contributed by atoms with Gasteiger partial charge in [0.1, 0.15) is 28.0 Å². The van der Waals surface area contributed by atoms with Gasteiger partial charge in [-0.2, -0.15) is 4.57 Å². The maximum Gasteiger partial charge on any atom is 0.299 e. The first-order chi connectivity index (χ1) is 23.8. The Balaban J connectivity index is 1.42. The van der Waals surface area contributed by atoms with Crippen LogP contribution in [0.1, 0.15) is 56.2 Å². The van der Waals surface area contributed by atoms with Gasteiger partial charge in [0.25, 0.3) is 5.82 Å². The maximum atomic E-state index is 6.94. The van der Waals surface area contributed by atoms with E-state index in [1.165, 1.54) is 27.8 Å². The summed E-state index contributed by atoms with van der Waals surface area (Å²) in [6.07, 6.45) is 0. The Labute approximate surface area is 285 Å². The highest BCUT2D eigenvalue weighted by molar-refractivity contribution is 6.11. The molecule has 0 saturated heterocycles. The molecule has 0 spiro atoms. The molecule has 49 heavy (non-hydrogen) atoms. The quantitative estimate of drug-likeness (QED) is 0.176. The van der Waals surface area contributed by atoms with E-state index in [0.29, 0.717) is 0 Å². The zero-order valence-electron chi connectivity index (χ0n) is 28.8. The molecule has 0 saturated carbocycles. The first-order valence-electron chi connectivity index (χ1n) is 17.3. The van der Waals surface area contributed by atoms with Crippen LogP contribution in [0.15, 0.2) is 124 Å². The van der Waals surface area contributed by atoms with Crippen LogP contribution in [0.4, 0.5) is 0 Å². The zero-order chi connectivity index (χ0) is 33.6. The molecule has 3 aromatic heterocycles. The fourth-order valence-electron chi connectivity index (χ4n) is 7.97. The van der Waals surface area contributed by atoms with Gasteiger partial charge in [0.2, 0.25) is 0 Å². The minimum absolute atomic E-state index is 0.204. The molecule has 0 amide bonds. The van der Waals surface area contributed by atoms with Gasteiger partial charge >= 0.3 is 0 Å². The number of imidazole rings is 1. The van der Waals surface area contributed by atoms with E-state index in [2.05, 4.69) is 166 Å². The van der Waals surface area contributed by atoms with Crippen molar-refractivity contribution in [3.8, 4) is 28.2 Å². The van der Waals surface area contributed by atoms with Crippen LogP contribution >= 0.6 is 0 Å². The first kappa shape index (κ1) is 29.5. The second kappa shape index (κ2) is 11.0. The van der Waals surface area contributed by atoms with E-state index >= 15 is 0 Å². The van der Waals surface area contributed by atoms with Crippen molar-refractivity contribution in [2.45, 2.75) is 46.5 Å². The lowest BCUT2D eigenvalue weighted by atomic mass is 9.89. The second-order valence-corrected chi connectivity index (χ2v) is 14.0. The normalized spacial score (nSPS) is 12.2. The van der Waals surface area contributed by atoms with Gasteiger partial charge in [-0.05, 0) is 71.8 Å². The van der Waals surface area contributed by atoms with Crippen molar-refractivity contribution < 1.29 is 13.4 Å². The van der Waals surface area contributed by atoms with Crippen LogP contribution < -0.4 is 4.57 Å². The van der Waals surface area contributed by atoms with E-state index in [1.807, 2.05) is 0 Å². The molecule has 0 unspecified atom stereocenters. The number of fused-ring (bicyclic) bond motifs is 7. The topological polar surface area (TPSA) is 35.1 Å². The molecule has 0 aliphatic rings. The van der Waals surface area contributed by atoms with Crippen LogP contribution in [0, 0.1) is 6.92 Å². The third kappa shape index (κ3) is 4.33. The van der Waals surface area contributed by atoms with Crippen molar-refractivity contribution >= 4 is 54.9 Å². The molecule has 0 N–H and O–H groups in total. The van der Waals surface area contributed by atoms with Crippen LogP contribution in [-0.2, 0) is 7.05 Å². The smallest absolute Gasteiger partial charge is 0.299 e. The molecule has 0 fully saturated rings. The maximum absolute atomic E-state index is 6.94. The summed E-state index contributed by atoms with van der Waals surface area (Å²) < 4.78 is 18.5. The predicted molar refractivity (Wildman–Crippen MR) is 203 cm³/mol. The lowest BCUT2D eigenvalue weighted by molar-refractivity contribution is -0.633. The van der Waals surface area contributed by atoms with Crippen molar-refractivity contribution in [2.24, 2.45) is 7.05 Å². The molecule has 9 rings (SSSR count). The lowest BCUT2D eigenvalue weighted by Gasteiger charge is -2.19. The molecule has 6 aromatic carbocycles. The minimum Gasteiger partial charge on any atom is -0.456 e. The molecule has 0 bridgehead atoms. The van der Waals surface area contributed by atoms with Gasteiger partial charge in [-0.15, -0.1) is 0 Å². The summed E-state index contributed by atoms with van der Waals surface area (Å²) in [4.78, 5) is 0. The highest BCUT2D eigenvalue weighted by Gasteiger charge is 2.35. The van der Waals surface area contributed by atoms with Crippen LogP contribution in [-0.4, -0.2) is 4.57 Å². The summed E-state index contributed by atoms with van der Waals surface area (Å²) in [5, 5.41) is 4.58. The number of para-hydroxylation sites is 3. The molecule has 9 aromatic rings. The monoisotopic (exact) mass is 639 g/mol. The van der Waals surface area contributed by atoms with E-state index in [4.69, 9.17) is 8.83 Å². The van der Waals surface area contributed by atoms with Crippen molar-refractivity contribution in [2.75, 3.05) is 0 Å². The Morgan fingerprint density at radius 3 is 2.08 bits per heavy atom. The Bertz CT molecular complexity index is 2740. The average molecular weight is 640 g/mol. The summed E-state index contributed by atoms with van der Waals surface area (Å²) in [5.74, 6) is 1.56. The van der Waals surface area contributed by atoms with E-state index < -0.39 is 0 Å². The number of benzene rings is 6. The van der Waals surface area contributed by atoms with Crippen molar-refractivity contribution in [3.05, 3.63) is 132 Å². The van der Waals surface area contributed by atoms with Gasteiger partial charge in [0, 0.05) is 32.7 Å². The third-order valence-electron chi connectivity index (χ3n) is 10.3. The summed E-state index contributed by atoms with van der Waals surface area (Å²) in [7, 11) is 2.19. The van der Waals surface area contributed by atoms with Crippen molar-refractivity contribution in [1.29, 1.82) is 0 Å². The summed E-state index contributed by atoms with van der Waals surface area (Å²) in [5.41, 5.74) is 14.3. The van der Waals surface area contributed by atoms with Crippen LogP contribution in [0.5, 0.6) is 0 Å². The number of furan rings is 2. The molecule has 0 aliphatic heterocycles. The fourth-order valence-corrected chi connectivity index (χ4v) is 7.97. The van der Waals surface area contributed by atoms with Crippen LogP contribution in [0.3, 0.4) is 0 Å². The van der Waals surface area contributed by atoms with Gasteiger partial charge in [0.05, 0.1) is 7.05 Å². The molecular formula is C45H39N2O2+. The molecule has 0 radical (unpaired) electrons. The van der Waals surface area contributed by atoms with E-state index in [1.54, 1.807) is 0 Å². The van der Waals surface area contributed by atoms with E-state index in [0.717, 1.165) is 72.0 Å². The molecule has 240 valence electrons. The van der Waals surface area contributed by atoms with Gasteiger partial charge in [0.15, 0.2) is 16.6 Å². The van der Waals surface area contributed by atoms with Crippen LogP contribution in [0.2, 0.25) is 0 Å². The molecule has 4 heteroatoms. The number of aromatic nitrogens is 2. The fraction of sp³-hybridized carbons (Fsp3) is 0.178. The van der Waals surface area contributed by atoms with E-state index in [9.17, 15) is 0 Å². The zero-order valence-corrected chi connectivity index (χ0v) is 28.8. The number of hydrogen-bond acceptors (Lipinski definition) is 2. The summed E-state index contributed by atoms with van der Waals surface area (Å²) >= 11 is 0. The van der Waals surface area contributed by atoms with Gasteiger partial charge in [-0.25, -0.2) is 4.57 Å². The number of nitrogens with zero attached hydrogens (tertiary/aromatic N) is 2. The van der Waals surface area contributed by atoms with Crippen molar-refractivity contribution in [1.82, 2.24) is 4.57 Å². The summed E-state index contributed by atoms with van der Waals surface area (Å²) in [6.45, 7) is 11.4. The van der Waals surface area contributed by atoms with Crippen LogP contribution in [0.25, 0.3) is 83.1 Å². The Morgan fingerprint density at radius 1 is 0.592 bits per heavy atom. The Morgan fingerprint density at radius 2 is 1.29 bits per heavy atom. The molecule has 0 aliphatic carbocycles. The number of aryl methyl sites for hydroxylation is 2. The molecule has 4 nitrogen and oxygen atoms in total. The SMILES string of the molecule is Cc1ccc2c(oc3cc(-c4ccccc4)ccc32)c1-c1n(-c2c(C(C)C)cc3c(oc4ccccc43)c2C(C)C)c2ccccc2[n+]1C. The third-order valence-corrected chi connectivity index (χ3v) is 10.3. The highest BCUT2D eigenvalue weighted by Crippen LogP contribution is 2.45. The lowest BCUT2D eigenvalue weighted by Crippen LogP contribution is -2.30. The van der Waals surface area contributed by atoms with Gasteiger partial charge in [-0.1, -0.05) is 107 Å². The summed E-state index contributed by atoms with van der Waals surface area (Å²) in [6, 6.07) is 41.1. The van der Waals surface area contributed by atoms with Gasteiger partial charge in [-0.3, -0.25) is 0 Å². The van der Waals surface area contributed by atoms with Gasteiger partial charge < -0.3 is 8.83 Å². The average Bonchev–Trinajstić information content (AvgIpc) is 3.76.